The number of pyridine rings is 1. The fourth-order valence-corrected chi connectivity index (χ4v) is 3.10. The summed E-state index contributed by atoms with van der Waals surface area (Å²) in [6, 6.07) is 8.45. The minimum atomic E-state index is -0.283. The van der Waals surface area contributed by atoms with Gasteiger partial charge in [0.25, 0.3) is 5.56 Å². The van der Waals surface area contributed by atoms with E-state index < -0.39 is 0 Å². The van der Waals surface area contributed by atoms with Gasteiger partial charge < -0.3 is 4.57 Å². The van der Waals surface area contributed by atoms with Crippen molar-refractivity contribution in [3.05, 3.63) is 65.1 Å². The minimum absolute atomic E-state index is 0.0248. The van der Waals surface area contributed by atoms with E-state index >= 15 is 0 Å². The lowest BCUT2D eigenvalue weighted by Crippen LogP contribution is -2.19. The van der Waals surface area contributed by atoms with Gasteiger partial charge in [-0.05, 0) is 36.6 Å². The molecule has 5 rings (SSSR count). The summed E-state index contributed by atoms with van der Waals surface area (Å²) in [5.41, 5.74) is 3.00. The van der Waals surface area contributed by atoms with Gasteiger partial charge in [0.15, 0.2) is 5.65 Å². The second-order valence-electron chi connectivity index (χ2n) is 6.12. The number of nitrogens with zero attached hydrogens (tertiary/aromatic N) is 4. The van der Waals surface area contributed by atoms with E-state index in [1.807, 2.05) is 12.3 Å². The fourth-order valence-electron chi connectivity index (χ4n) is 3.10. The van der Waals surface area contributed by atoms with Gasteiger partial charge in [0, 0.05) is 24.0 Å². The van der Waals surface area contributed by atoms with Gasteiger partial charge in [0.05, 0.1) is 17.1 Å². The van der Waals surface area contributed by atoms with E-state index in [9.17, 15) is 9.18 Å². The monoisotopic (exact) mass is 320 g/mol. The topological polar surface area (TPSA) is 52.2 Å². The fraction of sp³-hybridized carbons (Fsp3) is 0.167. The number of hydrogen-bond donors (Lipinski definition) is 0. The molecule has 0 atom stereocenters. The Bertz CT molecular complexity index is 1140. The average molecular weight is 320 g/mol. The first-order chi connectivity index (χ1) is 11.7. The molecule has 1 aliphatic carbocycles. The van der Waals surface area contributed by atoms with E-state index in [0.717, 1.165) is 29.5 Å². The Kier molecular flexibility index (Phi) is 2.65. The van der Waals surface area contributed by atoms with Crippen molar-refractivity contribution < 1.29 is 4.39 Å². The molecule has 1 aromatic carbocycles. The Hall–Kier alpha value is -3.02. The summed E-state index contributed by atoms with van der Waals surface area (Å²) in [6.07, 6.45) is 7.25. The van der Waals surface area contributed by atoms with Crippen molar-refractivity contribution in [1.29, 1.82) is 0 Å². The van der Waals surface area contributed by atoms with E-state index in [4.69, 9.17) is 0 Å². The Morgan fingerprint density at radius 3 is 2.62 bits per heavy atom. The molecule has 0 saturated heterocycles. The van der Waals surface area contributed by atoms with Crippen LogP contribution >= 0.6 is 0 Å². The molecule has 118 valence electrons. The largest absolute Gasteiger partial charge is 0.312 e. The highest BCUT2D eigenvalue weighted by molar-refractivity contribution is 5.85. The lowest BCUT2D eigenvalue weighted by molar-refractivity contribution is 0.628. The second-order valence-corrected chi connectivity index (χ2v) is 6.12. The standard InChI is InChI=1S/C18H13FN4O/c19-12-3-1-11(2-4-12)14-10-21-23-16-7-8-22(13-5-6-13)18(24)15(16)9-20-17(14)23/h1-4,7-10,13H,5-6H2. The summed E-state index contributed by atoms with van der Waals surface area (Å²) in [7, 11) is 0. The van der Waals surface area contributed by atoms with Crippen molar-refractivity contribution in [3.8, 4) is 11.1 Å². The summed E-state index contributed by atoms with van der Waals surface area (Å²) < 4.78 is 16.6. The minimum Gasteiger partial charge on any atom is -0.312 e. The van der Waals surface area contributed by atoms with Crippen LogP contribution in [0, 0.1) is 5.82 Å². The first-order valence-electron chi connectivity index (χ1n) is 7.86. The van der Waals surface area contributed by atoms with E-state index in [1.54, 1.807) is 33.6 Å². The van der Waals surface area contributed by atoms with Gasteiger partial charge >= 0.3 is 0 Å². The van der Waals surface area contributed by atoms with Gasteiger partial charge in [-0.25, -0.2) is 13.9 Å². The molecule has 0 amide bonds. The predicted molar refractivity (Wildman–Crippen MR) is 88.4 cm³/mol. The summed E-state index contributed by atoms with van der Waals surface area (Å²) in [6.45, 7) is 0. The zero-order valence-corrected chi connectivity index (χ0v) is 12.7. The van der Waals surface area contributed by atoms with Crippen LogP contribution in [0.4, 0.5) is 4.39 Å². The highest BCUT2D eigenvalue weighted by Crippen LogP contribution is 2.33. The van der Waals surface area contributed by atoms with Crippen LogP contribution in [0.3, 0.4) is 0 Å². The van der Waals surface area contributed by atoms with Gasteiger partial charge in [-0.15, -0.1) is 0 Å². The first kappa shape index (κ1) is 13.4. The Morgan fingerprint density at radius 2 is 1.88 bits per heavy atom. The quantitative estimate of drug-likeness (QED) is 0.570. The molecule has 1 saturated carbocycles. The summed E-state index contributed by atoms with van der Waals surface area (Å²) in [5, 5.41) is 4.95. The highest BCUT2D eigenvalue weighted by Gasteiger charge is 2.25. The van der Waals surface area contributed by atoms with Gasteiger partial charge in [-0.3, -0.25) is 4.79 Å². The molecule has 0 N–H and O–H groups in total. The summed E-state index contributed by atoms with van der Waals surface area (Å²) in [4.78, 5) is 17.1. The molecule has 0 aliphatic heterocycles. The van der Waals surface area contributed by atoms with Crippen molar-refractivity contribution in [3.63, 3.8) is 0 Å². The molecule has 5 nitrogen and oxygen atoms in total. The van der Waals surface area contributed by atoms with Crippen LogP contribution in [0.2, 0.25) is 0 Å². The number of halogens is 1. The molecule has 24 heavy (non-hydrogen) atoms. The number of aromatic nitrogens is 4. The second kappa shape index (κ2) is 4.74. The third kappa shape index (κ3) is 1.89. The zero-order valence-electron chi connectivity index (χ0n) is 12.7. The number of benzene rings is 1. The van der Waals surface area contributed by atoms with Crippen LogP contribution in [0.1, 0.15) is 18.9 Å². The van der Waals surface area contributed by atoms with Crippen LogP contribution in [-0.4, -0.2) is 19.2 Å². The molecule has 1 aliphatic rings. The van der Waals surface area contributed by atoms with Gasteiger partial charge in [0.1, 0.15) is 5.82 Å². The van der Waals surface area contributed by atoms with Crippen LogP contribution in [-0.2, 0) is 0 Å². The maximum absolute atomic E-state index is 13.1. The third-order valence-electron chi connectivity index (χ3n) is 4.52. The normalized spacial score (nSPS) is 14.5. The van der Waals surface area contributed by atoms with Gasteiger partial charge in [0.2, 0.25) is 0 Å². The molecule has 1 fully saturated rings. The van der Waals surface area contributed by atoms with E-state index in [2.05, 4.69) is 10.1 Å². The van der Waals surface area contributed by atoms with Crippen LogP contribution in [0.25, 0.3) is 27.7 Å². The van der Waals surface area contributed by atoms with E-state index in [-0.39, 0.29) is 11.4 Å². The lowest BCUT2D eigenvalue weighted by atomic mass is 10.1. The highest BCUT2D eigenvalue weighted by atomic mass is 19.1. The lowest BCUT2D eigenvalue weighted by Gasteiger charge is -2.06. The average Bonchev–Trinajstić information content (AvgIpc) is 3.34. The Morgan fingerprint density at radius 1 is 1.08 bits per heavy atom. The van der Waals surface area contributed by atoms with Gasteiger partial charge in [-0.2, -0.15) is 5.10 Å². The molecular weight excluding hydrogens is 307 g/mol. The summed E-state index contributed by atoms with van der Waals surface area (Å²) in [5.74, 6) is -0.283. The van der Waals surface area contributed by atoms with Crippen molar-refractivity contribution in [1.82, 2.24) is 19.2 Å². The van der Waals surface area contributed by atoms with E-state index in [0.29, 0.717) is 17.1 Å². The van der Waals surface area contributed by atoms with Gasteiger partial charge in [-0.1, -0.05) is 12.1 Å². The zero-order chi connectivity index (χ0) is 16.3. The van der Waals surface area contributed by atoms with Crippen molar-refractivity contribution in [2.75, 3.05) is 0 Å². The SMILES string of the molecule is O=c1c2cnc3c(-c4ccc(F)cc4)cnn3c2ccn1C1CC1. The Labute approximate surface area is 136 Å². The van der Waals surface area contributed by atoms with Crippen molar-refractivity contribution in [2.24, 2.45) is 0 Å². The van der Waals surface area contributed by atoms with Crippen molar-refractivity contribution >= 4 is 16.6 Å². The van der Waals surface area contributed by atoms with Crippen LogP contribution in [0.15, 0.2) is 53.7 Å². The summed E-state index contributed by atoms with van der Waals surface area (Å²) >= 11 is 0. The first-order valence-corrected chi connectivity index (χ1v) is 7.86. The number of hydrogen-bond acceptors (Lipinski definition) is 3. The molecule has 0 bridgehead atoms. The molecule has 0 spiro atoms. The molecule has 6 heteroatoms. The molecule has 4 aromatic rings. The number of fused-ring (bicyclic) bond motifs is 3. The maximum Gasteiger partial charge on any atom is 0.261 e. The molecule has 3 aromatic heterocycles. The molecule has 3 heterocycles. The smallest absolute Gasteiger partial charge is 0.261 e. The van der Waals surface area contributed by atoms with E-state index in [1.165, 1.54) is 12.1 Å². The third-order valence-corrected chi connectivity index (χ3v) is 4.52. The number of rotatable bonds is 2. The van der Waals surface area contributed by atoms with Crippen LogP contribution < -0.4 is 5.56 Å². The molecule has 0 unspecified atom stereocenters. The maximum atomic E-state index is 13.1. The molecule has 0 radical (unpaired) electrons. The molecular formula is C18H13FN4O. The van der Waals surface area contributed by atoms with Crippen LogP contribution in [0.5, 0.6) is 0 Å². The van der Waals surface area contributed by atoms with Crippen molar-refractivity contribution in [2.45, 2.75) is 18.9 Å². The Balaban J connectivity index is 1.76. The predicted octanol–water partition coefficient (Wildman–Crippen LogP) is 3.19.